The van der Waals surface area contributed by atoms with Gasteiger partial charge in [-0.1, -0.05) is 31.2 Å². The van der Waals surface area contributed by atoms with Gasteiger partial charge < -0.3 is 15.0 Å². The molecule has 0 bridgehead atoms. The maximum absolute atomic E-state index is 12.7. The molecule has 2 aliphatic heterocycles. The number of thioether (sulfide) groups is 1. The molecule has 0 aliphatic carbocycles. The molecule has 2 heterocycles. The molecule has 2 aromatic carbocycles. The number of imide groups is 1. The summed E-state index contributed by atoms with van der Waals surface area (Å²) < 4.78 is 5.38. The first-order valence-corrected chi connectivity index (χ1v) is 11.4. The fourth-order valence-electron chi connectivity index (χ4n) is 3.56. The van der Waals surface area contributed by atoms with Gasteiger partial charge in [0.1, 0.15) is 6.54 Å². The molecule has 0 unspecified atom stereocenters. The van der Waals surface area contributed by atoms with Crippen LogP contribution >= 0.6 is 11.8 Å². The van der Waals surface area contributed by atoms with E-state index in [1.54, 1.807) is 6.08 Å². The van der Waals surface area contributed by atoms with Gasteiger partial charge in [0.25, 0.3) is 11.1 Å². The summed E-state index contributed by atoms with van der Waals surface area (Å²) in [5, 5.41) is 2.29. The Hall–Kier alpha value is -3.10. The highest BCUT2D eigenvalue weighted by atomic mass is 32.2. The number of aryl methyl sites for hydroxylation is 1. The number of benzene rings is 2. The van der Waals surface area contributed by atoms with Crippen LogP contribution in [0.1, 0.15) is 18.1 Å². The zero-order valence-electron chi connectivity index (χ0n) is 17.9. The topological polar surface area (TPSA) is 79.0 Å². The predicted molar refractivity (Wildman–Crippen MR) is 127 cm³/mol. The predicted octanol–water partition coefficient (Wildman–Crippen LogP) is 3.76. The summed E-state index contributed by atoms with van der Waals surface area (Å²) in [6.45, 7) is 4.87. The van der Waals surface area contributed by atoms with Crippen LogP contribution in [0, 0.1) is 0 Å². The van der Waals surface area contributed by atoms with Crippen LogP contribution in [0.2, 0.25) is 0 Å². The van der Waals surface area contributed by atoms with Crippen molar-refractivity contribution < 1.29 is 19.1 Å². The highest BCUT2D eigenvalue weighted by Crippen LogP contribution is 2.32. The molecule has 0 saturated carbocycles. The number of nitrogens with zero attached hydrogens (tertiary/aromatic N) is 2. The van der Waals surface area contributed by atoms with Crippen LogP contribution in [-0.4, -0.2) is 54.8 Å². The Bertz CT molecular complexity index is 1030. The minimum atomic E-state index is -0.450. The number of nitrogens with one attached hydrogen (secondary N) is 1. The van der Waals surface area contributed by atoms with E-state index in [0.717, 1.165) is 53.0 Å². The van der Waals surface area contributed by atoms with Gasteiger partial charge in [-0.25, -0.2) is 0 Å². The van der Waals surface area contributed by atoms with Gasteiger partial charge in [0.15, 0.2) is 0 Å². The number of amides is 3. The smallest absolute Gasteiger partial charge is 0.294 e. The summed E-state index contributed by atoms with van der Waals surface area (Å²) in [5.74, 6) is -0.860. The molecule has 0 atom stereocenters. The Morgan fingerprint density at radius 3 is 2.41 bits per heavy atom. The van der Waals surface area contributed by atoms with Crippen LogP contribution in [0.15, 0.2) is 53.4 Å². The van der Waals surface area contributed by atoms with Crippen LogP contribution in [0.25, 0.3) is 6.08 Å². The molecule has 0 aromatic heterocycles. The Balaban J connectivity index is 1.38. The third-order valence-electron chi connectivity index (χ3n) is 5.39. The first-order chi connectivity index (χ1) is 15.5. The van der Waals surface area contributed by atoms with Crippen LogP contribution < -0.4 is 10.2 Å². The number of anilines is 2. The SMILES string of the molecule is CCc1ccc(NC(=O)CN2C(=O)S/C(=C/c3ccc(N4CCOCC4)cc3)C2=O)cc1. The highest BCUT2D eigenvalue weighted by Gasteiger charge is 2.36. The van der Waals surface area contributed by atoms with Crippen molar-refractivity contribution in [2.45, 2.75) is 13.3 Å². The average Bonchev–Trinajstić information content (AvgIpc) is 3.08. The maximum Gasteiger partial charge on any atom is 0.294 e. The molecule has 2 aliphatic rings. The van der Waals surface area contributed by atoms with Gasteiger partial charge in [0, 0.05) is 24.5 Å². The Kier molecular flexibility index (Phi) is 6.92. The lowest BCUT2D eigenvalue weighted by Gasteiger charge is -2.28. The second-order valence-electron chi connectivity index (χ2n) is 7.56. The van der Waals surface area contributed by atoms with Crippen molar-refractivity contribution in [2.24, 2.45) is 0 Å². The third-order valence-corrected chi connectivity index (χ3v) is 6.30. The lowest BCUT2D eigenvalue weighted by Crippen LogP contribution is -2.36. The first-order valence-electron chi connectivity index (χ1n) is 10.6. The van der Waals surface area contributed by atoms with Gasteiger partial charge in [-0.15, -0.1) is 0 Å². The molecule has 2 saturated heterocycles. The van der Waals surface area contributed by atoms with E-state index in [9.17, 15) is 14.4 Å². The standard InChI is InChI=1S/C24H25N3O4S/c1-2-17-3-7-19(8-4-17)25-22(28)16-27-23(29)21(32-24(27)30)15-18-5-9-20(10-6-18)26-11-13-31-14-12-26/h3-10,15H,2,11-14,16H2,1H3,(H,25,28)/b21-15+. The molecule has 166 valence electrons. The summed E-state index contributed by atoms with van der Waals surface area (Å²) >= 11 is 0.854. The average molecular weight is 452 g/mol. The van der Waals surface area contributed by atoms with Crippen LogP contribution in [-0.2, 0) is 20.7 Å². The molecular weight excluding hydrogens is 426 g/mol. The van der Waals surface area contributed by atoms with Crippen LogP contribution in [0.3, 0.4) is 0 Å². The van der Waals surface area contributed by atoms with Crippen molar-refractivity contribution in [3.05, 3.63) is 64.6 Å². The zero-order valence-corrected chi connectivity index (χ0v) is 18.7. The monoisotopic (exact) mass is 451 g/mol. The van der Waals surface area contributed by atoms with E-state index in [1.807, 2.05) is 48.5 Å². The molecule has 32 heavy (non-hydrogen) atoms. The van der Waals surface area contributed by atoms with E-state index in [4.69, 9.17) is 4.74 Å². The number of hydrogen-bond donors (Lipinski definition) is 1. The van der Waals surface area contributed by atoms with E-state index in [1.165, 1.54) is 0 Å². The first kappa shape index (κ1) is 22.1. The maximum atomic E-state index is 12.7. The van der Waals surface area contributed by atoms with Crippen molar-refractivity contribution in [2.75, 3.05) is 43.1 Å². The van der Waals surface area contributed by atoms with Crippen molar-refractivity contribution in [1.82, 2.24) is 4.90 Å². The van der Waals surface area contributed by atoms with Crippen molar-refractivity contribution in [1.29, 1.82) is 0 Å². The van der Waals surface area contributed by atoms with Gasteiger partial charge in [-0.05, 0) is 59.7 Å². The lowest BCUT2D eigenvalue weighted by atomic mass is 10.1. The summed E-state index contributed by atoms with van der Waals surface area (Å²) in [6.07, 6.45) is 2.60. The second-order valence-corrected chi connectivity index (χ2v) is 8.55. The van der Waals surface area contributed by atoms with E-state index in [0.29, 0.717) is 23.8 Å². The van der Waals surface area contributed by atoms with Crippen molar-refractivity contribution in [3.8, 4) is 0 Å². The van der Waals surface area contributed by atoms with Gasteiger partial charge in [-0.3, -0.25) is 19.3 Å². The van der Waals surface area contributed by atoms with Crippen LogP contribution in [0.4, 0.5) is 16.2 Å². The van der Waals surface area contributed by atoms with E-state index in [2.05, 4.69) is 17.1 Å². The molecule has 7 nitrogen and oxygen atoms in total. The number of ether oxygens (including phenoxy) is 1. The number of rotatable bonds is 6. The van der Waals surface area contributed by atoms with Gasteiger partial charge in [0.05, 0.1) is 18.1 Å². The van der Waals surface area contributed by atoms with Crippen molar-refractivity contribution >= 4 is 46.3 Å². The molecule has 0 spiro atoms. The summed E-state index contributed by atoms with van der Waals surface area (Å²) in [5.41, 5.74) is 3.72. The summed E-state index contributed by atoms with van der Waals surface area (Å²) in [6, 6.07) is 15.3. The molecule has 4 rings (SSSR count). The van der Waals surface area contributed by atoms with Gasteiger partial charge in [0.2, 0.25) is 5.91 Å². The quantitative estimate of drug-likeness (QED) is 0.674. The summed E-state index contributed by atoms with van der Waals surface area (Å²) in [4.78, 5) is 41.0. The second kappa shape index (κ2) is 10.0. The molecule has 1 N–H and O–H groups in total. The molecular formula is C24H25N3O4S. The molecule has 2 aromatic rings. The van der Waals surface area contributed by atoms with Gasteiger partial charge in [-0.2, -0.15) is 0 Å². The molecule has 2 fully saturated rings. The molecule has 0 radical (unpaired) electrons. The minimum absolute atomic E-state index is 0.312. The fraction of sp³-hybridized carbons (Fsp3) is 0.292. The van der Waals surface area contributed by atoms with E-state index in [-0.39, 0.29) is 6.54 Å². The Labute approximate surface area is 191 Å². The van der Waals surface area contributed by atoms with Crippen LogP contribution in [0.5, 0.6) is 0 Å². The number of hydrogen-bond acceptors (Lipinski definition) is 6. The zero-order chi connectivity index (χ0) is 22.5. The molecule has 3 amide bonds. The van der Waals surface area contributed by atoms with Crippen molar-refractivity contribution in [3.63, 3.8) is 0 Å². The largest absolute Gasteiger partial charge is 0.378 e. The third kappa shape index (κ3) is 5.20. The normalized spacial score (nSPS) is 17.8. The Morgan fingerprint density at radius 1 is 1.06 bits per heavy atom. The summed E-state index contributed by atoms with van der Waals surface area (Å²) in [7, 11) is 0. The van der Waals surface area contributed by atoms with Gasteiger partial charge >= 0.3 is 0 Å². The lowest BCUT2D eigenvalue weighted by molar-refractivity contribution is -0.127. The minimum Gasteiger partial charge on any atom is -0.378 e. The number of morpholine rings is 1. The number of carbonyl (C=O) groups is 3. The number of carbonyl (C=O) groups excluding carboxylic acids is 3. The Morgan fingerprint density at radius 2 is 1.75 bits per heavy atom. The highest BCUT2D eigenvalue weighted by molar-refractivity contribution is 8.18. The van der Waals surface area contributed by atoms with E-state index < -0.39 is 17.1 Å². The van der Waals surface area contributed by atoms with E-state index >= 15 is 0 Å². The molecule has 8 heteroatoms. The fourth-order valence-corrected chi connectivity index (χ4v) is 4.40.